The van der Waals surface area contributed by atoms with Crippen LogP contribution in [0, 0.1) is 5.41 Å². The summed E-state index contributed by atoms with van der Waals surface area (Å²) in [4.78, 5) is 0. The summed E-state index contributed by atoms with van der Waals surface area (Å²) in [6.07, 6.45) is 4.85. The molecular formula is C15H22O. The molecule has 1 aromatic carbocycles. The third kappa shape index (κ3) is 2.46. The van der Waals surface area contributed by atoms with E-state index in [-0.39, 0.29) is 0 Å². The van der Waals surface area contributed by atoms with Gasteiger partial charge in [0.2, 0.25) is 0 Å². The molecule has 0 spiro atoms. The Morgan fingerprint density at radius 2 is 1.69 bits per heavy atom. The SMILES string of the molecule is CCc1ccc(CCC2(CC)COC2)cc1. The Morgan fingerprint density at radius 3 is 2.12 bits per heavy atom. The predicted octanol–water partition coefficient (Wildman–Crippen LogP) is 3.61. The van der Waals surface area contributed by atoms with E-state index in [0.717, 1.165) is 19.6 Å². The van der Waals surface area contributed by atoms with Gasteiger partial charge in [0.25, 0.3) is 0 Å². The van der Waals surface area contributed by atoms with Crippen molar-refractivity contribution in [2.24, 2.45) is 5.41 Å². The molecule has 88 valence electrons. The van der Waals surface area contributed by atoms with Gasteiger partial charge < -0.3 is 4.74 Å². The van der Waals surface area contributed by atoms with Gasteiger partial charge in [0.05, 0.1) is 13.2 Å². The van der Waals surface area contributed by atoms with Gasteiger partial charge in [0.1, 0.15) is 0 Å². The van der Waals surface area contributed by atoms with Gasteiger partial charge in [-0.1, -0.05) is 38.1 Å². The third-order valence-corrected chi connectivity index (χ3v) is 3.94. The molecule has 0 radical (unpaired) electrons. The fourth-order valence-corrected chi connectivity index (χ4v) is 2.27. The molecule has 0 aromatic heterocycles. The number of hydrogen-bond acceptors (Lipinski definition) is 1. The molecule has 0 amide bonds. The largest absolute Gasteiger partial charge is 0.380 e. The van der Waals surface area contributed by atoms with Gasteiger partial charge in [0, 0.05) is 5.41 Å². The van der Waals surface area contributed by atoms with Crippen molar-refractivity contribution in [2.45, 2.75) is 39.5 Å². The maximum Gasteiger partial charge on any atom is 0.0544 e. The van der Waals surface area contributed by atoms with E-state index in [1.165, 1.54) is 30.4 Å². The van der Waals surface area contributed by atoms with Gasteiger partial charge in [0.15, 0.2) is 0 Å². The minimum Gasteiger partial charge on any atom is -0.380 e. The van der Waals surface area contributed by atoms with Gasteiger partial charge in [-0.2, -0.15) is 0 Å². The van der Waals surface area contributed by atoms with E-state index in [0.29, 0.717) is 5.41 Å². The first kappa shape index (κ1) is 11.7. The first-order valence-corrected chi connectivity index (χ1v) is 6.43. The van der Waals surface area contributed by atoms with Crippen LogP contribution >= 0.6 is 0 Å². The topological polar surface area (TPSA) is 9.23 Å². The van der Waals surface area contributed by atoms with E-state index in [1.54, 1.807) is 0 Å². The summed E-state index contributed by atoms with van der Waals surface area (Å²) in [5.74, 6) is 0. The van der Waals surface area contributed by atoms with Crippen molar-refractivity contribution < 1.29 is 4.74 Å². The van der Waals surface area contributed by atoms with Crippen LogP contribution in [0.4, 0.5) is 0 Å². The molecule has 1 nitrogen and oxygen atoms in total. The lowest BCUT2D eigenvalue weighted by Gasteiger charge is -2.41. The van der Waals surface area contributed by atoms with Crippen LogP contribution in [0.25, 0.3) is 0 Å². The Bertz CT molecular complexity index is 316. The van der Waals surface area contributed by atoms with Crippen molar-refractivity contribution in [3.8, 4) is 0 Å². The highest BCUT2D eigenvalue weighted by atomic mass is 16.5. The first-order valence-electron chi connectivity index (χ1n) is 6.43. The second-order valence-corrected chi connectivity index (χ2v) is 5.02. The van der Waals surface area contributed by atoms with Crippen LogP contribution in [-0.4, -0.2) is 13.2 Å². The van der Waals surface area contributed by atoms with E-state index in [9.17, 15) is 0 Å². The Balaban J connectivity index is 1.89. The van der Waals surface area contributed by atoms with Crippen molar-refractivity contribution >= 4 is 0 Å². The molecule has 1 aromatic rings. The van der Waals surface area contributed by atoms with Crippen molar-refractivity contribution in [2.75, 3.05) is 13.2 Å². The van der Waals surface area contributed by atoms with Crippen LogP contribution in [0.3, 0.4) is 0 Å². The zero-order chi connectivity index (χ0) is 11.4. The molecule has 1 aliphatic rings. The molecule has 0 bridgehead atoms. The number of hydrogen-bond donors (Lipinski definition) is 0. The predicted molar refractivity (Wildman–Crippen MR) is 67.7 cm³/mol. The average Bonchev–Trinajstić information content (AvgIpc) is 2.29. The van der Waals surface area contributed by atoms with Crippen LogP contribution < -0.4 is 0 Å². The summed E-state index contributed by atoms with van der Waals surface area (Å²) < 4.78 is 5.35. The highest BCUT2D eigenvalue weighted by molar-refractivity contribution is 5.22. The highest BCUT2D eigenvalue weighted by Crippen LogP contribution is 2.35. The van der Waals surface area contributed by atoms with E-state index >= 15 is 0 Å². The van der Waals surface area contributed by atoms with E-state index in [2.05, 4.69) is 38.1 Å². The molecule has 0 unspecified atom stereocenters. The molecule has 2 rings (SSSR count). The molecule has 1 aliphatic heterocycles. The number of benzene rings is 1. The molecule has 1 fully saturated rings. The summed E-state index contributed by atoms with van der Waals surface area (Å²) in [6, 6.07) is 9.07. The molecular weight excluding hydrogens is 196 g/mol. The van der Waals surface area contributed by atoms with Gasteiger partial charge in [-0.05, 0) is 36.8 Å². The fraction of sp³-hybridized carbons (Fsp3) is 0.600. The Labute approximate surface area is 98.8 Å². The monoisotopic (exact) mass is 218 g/mol. The minimum atomic E-state index is 0.490. The molecule has 0 aliphatic carbocycles. The Kier molecular flexibility index (Phi) is 3.65. The van der Waals surface area contributed by atoms with Crippen LogP contribution in [0.2, 0.25) is 0 Å². The van der Waals surface area contributed by atoms with E-state index < -0.39 is 0 Å². The molecule has 1 heteroatoms. The zero-order valence-electron chi connectivity index (χ0n) is 10.5. The normalized spacial score (nSPS) is 18.1. The second-order valence-electron chi connectivity index (χ2n) is 5.02. The maximum absolute atomic E-state index is 5.35. The number of rotatable bonds is 5. The van der Waals surface area contributed by atoms with Crippen LogP contribution in [0.1, 0.15) is 37.8 Å². The zero-order valence-corrected chi connectivity index (χ0v) is 10.5. The second kappa shape index (κ2) is 5.01. The van der Waals surface area contributed by atoms with Crippen molar-refractivity contribution in [3.63, 3.8) is 0 Å². The molecule has 16 heavy (non-hydrogen) atoms. The molecule has 0 atom stereocenters. The third-order valence-electron chi connectivity index (χ3n) is 3.94. The Morgan fingerprint density at radius 1 is 1.06 bits per heavy atom. The first-order chi connectivity index (χ1) is 7.78. The van der Waals surface area contributed by atoms with Gasteiger partial charge in [-0.15, -0.1) is 0 Å². The van der Waals surface area contributed by atoms with Gasteiger partial charge in [-0.3, -0.25) is 0 Å². The maximum atomic E-state index is 5.35. The van der Waals surface area contributed by atoms with E-state index in [1.807, 2.05) is 0 Å². The Hall–Kier alpha value is -0.820. The van der Waals surface area contributed by atoms with Crippen molar-refractivity contribution in [1.29, 1.82) is 0 Å². The molecule has 0 saturated carbocycles. The quantitative estimate of drug-likeness (QED) is 0.733. The minimum absolute atomic E-state index is 0.490. The highest BCUT2D eigenvalue weighted by Gasteiger charge is 2.35. The van der Waals surface area contributed by atoms with Crippen LogP contribution in [0.15, 0.2) is 24.3 Å². The lowest BCUT2D eigenvalue weighted by atomic mass is 9.78. The van der Waals surface area contributed by atoms with Crippen molar-refractivity contribution in [1.82, 2.24) is 0 Å². The number of aryl methyl sites for hydroxylation is 2. The molecule has 0 N–H and O–H groups in total. The van der Waals surface area contributed by atoms with Crippen LogP contribution in [0.5, 0.6) is 0 Å². The summed E-state index contributed by atoms with van der Waals surface area (Å²) >= 11 is 0. The molecule has 1 saturated heterocycles. The van der Waals surface area contributed by atoms with Gasteiger partial charge >= 0.3 is 0 Å². The van der Waals surface area contributed by atoms with E-state index in [4.69, 9.17) is 4.74 Å². The lowest BCUT2D eigenvalue weighted by molar-refractivity contribution is -0.119. The lowest BCUT2D eigenvalue weighted by Crippen LogP contribution is -2.42. The van der Waals surface area contributed by atoms with Crippen LogP contribution in [-0.2, 0) is 17.6 Å². The fourth-order valence-electron chi connectivity index (χ4n) is 2.27. The number of ether oxygens (including phenoxy) is 1. The summed E-state index contributed by atoms with van der Waals surface area (Å²) in [6.45, 7) is 6.42. The standard InChI is InChI=1S/C15H22O/c1-3-13-5-7-14(8-6-13)9-10-15(4-2)11-16-12-15/h5-8H,3-4,9-12H2,1-2H3. The van der Waals surface area contributed by atoms with Crippen molar-refractivity contribution in [3.05, 3.63) is 35.4 Å². The smallest absolute Gasteiger partial charge is 0.0544 e. The summed E-state index contributed by atoms with van der Waals surface area (Å²) in [5, 5.41) is 0. The average molecular weight is 218 g/mol. The summed E-state index contributed by atoms with van der Waals surface area (Å²) in [5.41, 5.74) is 3.39. The summed E-state index contributed by atoms with van der Waals surface area (Å²) in [7, 11) is 0. The van der Waals surface area contributed by atoms with Gasteiger partial charge in [-0.25, -0.2) is 0 Å². The molecule has 1 heterocycles.